The number of carboxylic acids is 1. The third-order valence-electron chi connectivity index (χ3n) is 13.7. The Morgan fingerprint density at radius 2 is 1.67 bits per heavy atom. The van der Waals surface area contributed by atoms with Crippen LogP contribution in [-0.2, 0) is 32.0 Å². The minimum atomic E-state index is -1.46. The SMILES string of the molecule is COCCOCCCO[C@H]1CC[C@H](c2nccc(COc3ccc4cc3C[C@H](C(=O)O)Oc3ncnc5sc(-c6ccc(F)cc6)c(c35)-c3c(C)c(Cl)c(c(Cl)c3C)O[C@H](CN3CCN(C)CC3)CO4)n2)CC1. The molecular weight excluding hydrogens is 999 g/mol. The van der Waals surface area contributed by atoms with Gasteiger partial charge < -0.3 is 43.2 Å². The fourth-order valence-corrected chi connectivity index (χ4v) is 11.4. The first kappa shape index (κ1) is 52.6. The normalized spacial score (nSPS) is 19.8. The number of fused-ring (bicyclic) bond motifs is 7. The van der Waals surface area contributed by atoms with E-state index >= 15 is 0 Å². The molecule has 0 amide bonds. The van der Waals surface area contributed by atoms with E-state index in [1.807, 2.05) is 19.9 Å². The Bertz CT molecular complexity index is 2830. The van der Waals surface area contributed by atoms with Crippen LogP contribution in [0, 0.1) is 19.7 Å². The molecule has 2 atom stereocenters. The van der Waals surface area contributed by atoms with Crippen molar-refractivity contribution in [2.24, 2.45) is 0 Å². The van der Waals surface area contributed by atoms with Crippen LogP contribution in [0.2, 0.25) is 10.0 Å². The first-order valence-electron chi connectivity index (χ1n) is 24.8. The number of hydrogen-bond donors (Lipinski definition) is 1. The van der Waals surface area contributed by atoms with Gasteiger partial charge in [0.25, 0.3) is 0 Å². The monoisotopic (exact) mass is 1060 g/mol. The van der Waals surface area contributed by atoms with Gasteiger partial charge in [0, 0.05) is 87.6 Å². The summed E-state index contributed by atoms with van der Waals surface area (Å²) < 4.78 is 57.6. The molecule has 0 unspecified atom stereocenters. The summed E-state index contributed by atoms with van der Waals surface area (Å²) >= 11 is 16.0. The van der Waals surface area contributed by atoms with Crippen LogP contribution in [0.4, 0.5) is 4.39 Å². The average molecular weight is 1060 g/mol. The molecule has 10 rings (SSSR count). The van der Waals surface area contributed by atoms with E-state index < -0.39 is 24.0 Å². The number of carboxylic acid groups (broad SMARTS) is 1. The van der Waals surface area contributed by atoms with E-state index in [2.05, 4.69) is 31.8 Å². The summed E-state index contributed by atoms with van der Waals surface area (Å²) in [4.78, 5) is 38.1. The van der Waals surface area contributed by atoms with Gasteiger partial charge in [-0.1, -0.05) is 35.3 Å². The van der Waals surface area contributed by atoms with Crippen molar-refractivity contribution >= 4 is 50.7 Å². The van der Waals surface area contributed by atoms with Crippen molar-refractivity contribution in [2.75, 3.05) is 79.9 Å². The lowest BCUT2D eigenvalue weighted by Gasteiger charge is -2.35. The van der Waals surface area contributed by atoms with Crippen LogP contribution >= 0.6 is 34.5 Å². The zero-order chi connectivity index (χ0) is 51.0. The van der Waals surface area contributed by atoms with Gasteiger partial charge in [-0.05, 0) is 112 Å². The Hall–Kier alpha value is -5.24. The number of piperazine rings is 1. The van der Waals surface area contributed by atoms with Crippen molar-refractivity contribution in [3.63, 3.8) is 0 Å². The van der Waals surface area contributed by atoms with Crippen molar-refractivity contribution in [2.45, 2.75) is 83.2 Å². The number of nitrogens with zero attached hydrogens (tertiary/aromatic N) is 6. The van der Waals surface area contributed by atoms with E-state index in [1.165, 1.54) is 29.8 Å². The van der Waals surface area contributed by atoms with E-state index in [4.69, 9.17) is 61.3 Å². The van der Waals surface area contributed by atoms with Crippen molar-refractivity contribution in [3.8, 4) is 44.7 Å². The summed E-state index contributed by atoms with van der Waals surface area (Å²) in [5.41, 5.74) is 4.49. The maximum atomic E-state index is 14.4. The molecule has 1 N–H and O–H groups in total. The molecule has 4 aliphatic rings. The average Bonchev–Trinajstić information content (AvgIpc) is 3.78. The van der Waals surface area contributed by atoms with Crippen molar-refractivity contribution < 1.29 is 47.4 Å². The van der Waals surface area contributed by atoms with E-state index in [9.17, 15) is 14.3 Å². The maximum absolute atomic E-state index is 14.4. The Balaban J connectivity index is 1.03. The standard InChI is InChI=1S/C54H61Cl2FN6O9S/c1-32-44-33(2)48(56)49(47(32)55)71-41(28-63-20-18-62(3)19-21-63)30-69-40-14-15-42(70-29-38-16-17-58-51(61-38)35-8-12-39(13-9-35)68-23-5-22-67-25-24-66-4)36(26-40)27-43(54(64)65)72-52-46-45(44)50(73-53(46)60-31-59-52)34-6-10-37(57)11-7-34/h6-7,10-11,14-17,26,31,35,39,41,43H,5,8-9,12-13,18-25,27-30H2,1-4H3,(H,64,65)/t35-,39-,41-,43-/m1/s1. The molecule has 3 aliphatic heterocycles. The predicted molar refractivity (Wildman–Crippen MR) is 278 cm³/mol. The van der Waals surface area contributed by atoms with Crippen LogP contribution in [0.5, 0.6) is 23.1 Å². The number of rotatable bonds is 16. The molecule has 3 aromatic heterocycles. The minimum absolute atomic E-state index is 0.0345. The summed E-state index contributed by atoms with van der Waals surface area (Å²) in [5.74, 6) is 0.581. The van der Waals surface area contributed by atoms with Gasteiger partial charge in [-0.25, -0.2) is 29.1 Å². The second kappa shape index (κ2) is 24.4. The van der Waals surface area contributed by atoms with Gasteiger partial charge >= 0.3 is 5.97 Å². The highest BCUT2D eigenvalue weighted by atomic mass is 35.5. The molecule has 0 radical (unpaired) electrons. The van der Waals surface area contributed by atoms with Crippen LogP contribution in [0.25, 0.3) is 31.8 Å². The highest BCUT2D eigenvalue weighted by Gasteiger charge is 2.33. The molecule has 1 aliphatic carbocycles. The number of carbonyl (C=O) groups is 1. The van der Waals surface area contributed by atoms with Gasteiger partial charge in [0.05, 0.1) is 40.4 Å². The molecule has 3 aromatic carbocycles. The number of aliphatic carboxylic acids is 1. The van der Waals surface area contributed by atoms with Gasteiger partial charge in [0.1, 0.15) is 53.6 Å². The quantitative estimate of drug-likeness (QED) is 0.0912. The van der Waals surface area contributed by atoms with Crippen LogP contribution < -0.4 is 18.9 Å². The predicted octanol–water partition coefficient (Wildman–Crippen LogP) is 10.0. The highest BCUT2D eigenvalue weighted by Crippen LogP contribution is 2.53. The largest absolute Gasteiger partial charge is 0.490 e. The molecule has 0 spiro atoms. The van der Waals surface area contributed by atoms with Crippen LogP contribution in [0.1, 0.15) is 66.2 Å². The van der Waals surface area contributed by atoms with Crippen molar-refractivity contribution in [1.82, 2.24) is 29.7 Å². The molecule has 6 aromatic rings. The Labute approximate surface area is 438 Å². The molecule has 4 bridgehead atoms. The molecule has 2 fully saturated rings. The van der Waals surface area contributed by atoms with Gasteiger partial charge in [-0.15, -0.1) is 11.3 Å². The van der Waals surface area contributed by atoms with Crippen molar-refractivity contribution in [1.29, 1.82) is 0 Å². The first-order valence-corrected chi connectivity index (χ1v) is 26.4. The number of benzene rings is 3. The third kappa shape index (κ3) is 12.7. The van der Waals surface area contributed by atoms with Crippen LogP contribution in [-0.4, -0.2) is 139 Å². The van der Waals surface area contributed by atoms with Gasteiger partial charge in [-0.2, -0.15) is 0 Å². The summed E-state index contributed by atoms with van der Waals surface area (Å²) in [5, 5.41) is 12.0. The molecule has 1 saturated carbocycles. The van der Waals surface area contributed by atoms with E-state index in [0.29, 0.717) is 114 Å². The zero-order valence-electron chi connectivity index (χ0n) is 41.5. The molecule has 388 valence electrons. The van der Waals surface area contributed by atoms with E-state index in [1.54, 1.807) is 43.6 Å². The number of aromatic nitrogens is 4. The van der Waals surface area contributed by atoms with Crippen LogP contribution in [0.3, 0.4) is 0 Å². The van der Waals surface area contributed by atoms with Gasteiger partial charge in [-0.3, -0.25) is 4.90 Å². The van der Waals surface area contributed by atoms with Crippen molar-refractivity contribution in [3.05, 3.63) is 105 Å². The van der Waals surface area contributed by atoms with Gasteiger partial charge in [0.15, 0.2) is 5.75 Å². The lowest BCUT2D eigenvalue weighted by atomic mass is 9.86. The smallest absolute Gasteiger partial charge is 0.345 e. The Morgan fingerprint density at radius 3 is 2.41 bits per heavy atom. The van der Waals surface area contributed by atoms with Gasteiger partial charge in [0.2, 0.25) is 12.0 Å². The summed E-state index contributed by atoms with van der Waals surface area (Å²) in [7, 11) is 3.77. The second-order valence-corrected chi connectivity index (χ2v) is 20.6. The number of thiophene rings is 1. The number of hydrogen-bond acceptors (Lipinski definition) is 15. The number of halogens is 3. The fraction of sp³-hybridized carbons (Fsp3) is 0.463. The summed E-state index contributed by atoms with van der Waals surface area (Å²) in [6.45, 7) is 10.4. The second-order valence-electron chi connectivity index (χ2n) is 18.8. The fourth-order valence-electron chi connectivity index (χ4n) is 9.70. The summed E-state index contributed by atoms with van der Waals surface area (Å²) in [6.07, 6.45) is 5.67. The Kier molecular flexibility index (Phi) is 17.6. The first-order chi connectivity index (χ1) is 35.4. The van der Waals surface area contributed by atoms with Crippen LogP contribution in [0.15, 0.2) is 61.1 Å². The minimum Gasteiger partial charge on any atom is -0.490 e. The lowest BCUT2D eigenvalue weighted by Crippen LogP contribution is -2.49. The zero-order valence-corrected chi connectivity index (χ0v) is 43.9. The summed E-state index contributed by atoms with van der Waals surface area (Å²) in [6, 6.07) is 13.3. The molecule has 15 nitrogen and oxygen atoms in total. The maximum Gasteiger partial charge on any atom is 0.345 e. The molecular formula is C54H61Cl2FN6O9S. The highest BCUT2D eigenvalue weighted by molar-refractivity contribution is 7.22. The molecule has 19 heteroatoms. The lowest BCUT2D eigenvalue weighted by molar-refractivity contribution is -0.145. The third-order valence-corrected chi connectivity index (χ3v) is 15.8. The number of methoxy groups -OCH3 is 1. The Morgan fingerprint density at radius 1 is 0.904 bits per heavy atom. The van der Waals surface area contributed by atoms with E-state index in [0.717, 1.165) is 64.1 Å². The number of ether oxygens (including phenoxy) is 7. The molecule has 6 heterocycles. The molecule has 73 heavy (non-hydrogen) atoms. The molecule has 1 saturated heterocycles. The number of likely N-dealkylation sites (N-methyl/N-ethyl adjacent to an activating group) is 1. The van der Waals surface area contributed by atoms with E-state index in [-0.39, 0.29) is 37.5 Å². The topological polar surface area (TPSA) is 160 Å².